The van der Waals surface area contributed by atoms with Gasteiger partial charge >= 0.3 is 5.97 Å². The maximum atomic E-state index is 11.8. The van der Waals surface area contributed by atoms with Crippen LogP contribution in [0.2, 0.25) is 0 Å². The summed E-state index contributed by atoms with van der Waals surface area (Å²) < 4.78 is 11.4. The van der Waals surface area contributed by atoms with Crippen LogP contribution in [0.15, 0.2) is 24.3 Å². The summed E-state index contributed by atoms with van der Waals surface area (Å²) in [5.41, 5.74) is 2.30. The molecule has 0 spiro atoms. The van der Waals surface area contributed by atoms with E-state index in [2.05, 4.69) is 19.1 Å². The molecule has 1 aromatic carbocycles. The lowest BCUT2D eigenvalue weighted by molar-refractivity contribution is -0.137. The smallest absolute Gasteiger partial charge is 0.330 e. The molecule has 1 aliphatic rings. The summed E-state index contributed by atoms with van der Waals surface area (Å²) in [6, 6.07) is 6.34. The molecule has 0 aliphatic heterocycles. The fourth-order valence-corrected chi connectivity index (χ4v) is 4.36. The van der Waals surface area contributed by atoms with E-state index >= 15 is 0 Å². The molecule has 30 heavy (non-hydrogen) atoms. The van der Waals surface area contributed by atoms with Crippen LogP contribution in [0.3, 0.4) is 0 Å². The van der Waals surface area contributed by atoms with Crippen molar-refractivity contribution < 1.29 is 14.3 Å². The molecule has 0 atom stereocenters. The standard InChI is InChI=1S/C27H42O3/c1-3-5-6-7-8-9-10-11-14-22-30-27-24(20-21-26(28)29-4-2)18-15-19-25(27)23-16-12-13-17-23/h15,18-21,23H,3-14,16-17,22H2,1-2H3. The first kappa shape index (κ1) is 24.5. The van der Waals surface area contributed by atoms with Crippen molar-refractivity contribution >= 4 is 12.0 Å². The molecule has 0 radical (unpaired) electrons. The molecule has 0 saturated heterocycles. The molecule has 0 N–H and O–H groups in total. The third-order valence-electron chi connectivity index (χ3n) is 6.05. The number of rotatable bonds is 15. The van der Waals surface area contributed by atoms with Gasteiger partial charge in [-0.1, -0.05) is 89.3 Å². The molecule has 0 bridgehead atoms. The quantitative estimate of drug-likeness (QED) is 0.167. The molecule has 2 rings (SSSR count). The van der Waals surface area contributed by atoms with E-state index < -0.39 is 0 Å². The first-order valence-electron chi connectivity index (χ1n) is 12.4. The van der Waals surface area contributed by atoms with Crippen molar-refractivity contribution in [3.8, 4) is 5.75 Å². The molecule has 0 unspecified atom stereocenters. The largest absolute Gasteiger partial charge is 0.493 e. The molecule has 1 saturated carbocycles. The third kappa shape index (κ3) is 8.93. The van der Waals surface area contributed by atoms with Crippen LogP contribution in [0, 0.1) is 0 Å². The molecule has 3 nitrogen and oxygen atoms in total. The van der Waals surface area contributed by atoms with Crippen molar-refractivity contribution in [2.75, 3.05) is 13.2 Å². The van der Waals surface area contributed by atoms with E-state index in [1.807, 2.05) is 19.1 Å². The Morgan fingerprint density at radius 3 is 2.30 bits per heavy atom. The van der Waals surface area contributed by atoms with Crippen molar-refractivity contribution in [2.45, 2.75) is 103 Å². The average Bonchev–Trinajstić information content (AvgIpc) is 3.29. The Morgan fingerprint density at radius 1 is 0.967 bits per heavy atom. The predicted octanol–water partition coefficient (Wildman–Crippen LogP) is 7.83. The number of carbonyl (C=O) groups is 1. The Hall–Kier alpha value is -1.77. The van der Waals surface area contributed by atoms with Gasteiger partial charge in [-0.05, 0) is 43.7 Å². The van der Waals surface area contributed by atoms with Gasteiger partial charge in [0.05, 0.1) is 13.2 Å². The zero-order valence-electron chi connectivity index (χ0n) is 19.3. The second-order valence-corrected chi connectivity index (χ2v) is 8.51. The Morgan fingerprint density at radius 2 is 1.63 bits per heavy atom. The van der Waals surface area contributed by atoms with Crippen LogP contribution in [0.4, 0.5) is 0 Å². The minimum atomic E-state index is -0.298. The highest BCUT2D eigenvalue weighted by atomic mass is 16.5. The van der Waals surface area contributed by atoms with Crippen LogP contribution in [0.5, 0.6) is 5.75 Å². The first-order chi connectivity index (χ1) is 14.8. The molecular weight excluding hydrogens is 372 g/mol. The Kier molecular flexibility index (Phi) is 12.3. The molecule has 1 aromatic rings. The van der Waals surface area contributed by atoms with E-state index in [4.69, 9.17) is 9.47 Å². The number of hydrogen-bond donors (Lipinski definition) is 0. The fraction of sp³-hybridized carbons (Fsp3) is 0.667. The second kappa shape index (κ2) is 15.1. The third-order valence-corrected chi connectivity index (χ3v) is 6.05. The van der Waals surface area contributed by atoms with Gasteiger partial charge in [0.2, 0.25) is 0 Å². The zero-order valence-corrected chi connectivity index (χ0v) is 19.3. The number of ether oxygens (including phenoxy) is 2. The van der Waals surface area contributed by atoms with Crippen molar-refractivity contribution in [1.29, 1.82) is 0 Å². The normalized spacial score (nSPS) is 14.5. The van der Waals surface area contributed by atoms with Crippen LogP contribution in [-0.2, 0) is 9.53 Å². The van der Waals surface area contributed by atoms with Gasteiger partial charge in [0.25, 0.3) is 0 Å². The lowest BCUT2D eigenvalue weighted by Crippen LogP contribution is -2.05. The summed E-state index contributed by atoms with van der Waals surface area (Å²) in [5.74, 6) is 1.26. The molecule has 168 valence electrons. The van der Waals surface area contributed by atoms with Gasteiger partial charge in [-0.15, -0.1) is 0 Å². The molecule has 0 amide bonds. The summed E-state index contributed by atoms with van der Waals surface area (Å²) in [6.07, 6.45) is 20.2. The number of benzene rings is 1. The van der Waals surface area contributed by atoms with Gasteiger partial charge in [-0.2, -0.15) is 0 Å². The monoisotopic (exact) mass is 414 g/mol. The van der Waals surface area contributed by atoms with E-state index in [1.54, 1.807) is 0 Å². The average molecular weight is 415 g/mol. The topological polar surface area (TPSA) is 35.5 Å². The highest BCUT2D eigenvalue weighted by Crippen LogP contribution is 2.40. The summed E-state index contributed by atoms with van der Waals surface area (Å²) in [7, 11) is 0. The molecule has 1 aliphatic carbocycles. The number of esters is 1. The minimum absolute atomic E-state index is 0.298. The molecule has 1 fully saturated rings. The lowest BCUT2D eigenvalue weighted by atomic mass is 9.94. The van der Waals surface area contributed by atoms with Crippen molar-refractivity contribution in [2.24, 2.45) is 0 Å². The maximum absolute atomic E-state index is 11.8. The van der Waals surface area contributed by atoms with Gasteiger partial charge < -0.3 is 9.47 Å². The zero-order chi connectivity index (χ0) is 21.4. The van der Waals surface area contributed by atoms with Gasteiger partial charge in [0.15, 0.2) is 0 Å². The SMILES string of the molecule is CCCCCCCCCCCOc1c(C=CC(=O)OCC)cccc1C1CCCC1. The van der Waals surface area contributed by atoms with Crippen LogP contribution >= 0.6 is 0 Å². The number of unbranched alkanes of at least 4 members (excludes halogenated alkanes) is 8. The summed E-state index contributed by atoms with van der Waals surface area (Å²) in [5, 5.41) is 0. The van der Waals surface area contributed by atoms with Gasteiger partial charge in [0, 0.05) is 11.6 Å². The minimum Gasteiger partial charge on any atom is -0.493 e. The van der Waals surface area contributed by atoms with Crippen LogP contribution in [0.25, 0.3) is 6.08 Å². The molecule has 3 heteroatoms. The van der Waals surface area contributed by atoms with Gasteiger partial charge in [0.1, 0.15) is 5.75 Å². The van der Waals surface area contributed by atoms with Crippen molar-refractivity contribution in [1.82, 2.24) is 0 Å². The van der Waals surface area contributed by atoms with Crippen molar-refractivity contribution in [3.05, 3.63) is 35.4 Å². The van der Waals surface area contributed by atoms with E-state index in [1.165, 1.54) is 88.7 Å². The number of carbonyl (C=O) groups excluding carboxylic acids is 1. The molecular formula is C27H42O3. The fourth-order valence-electron chi connectivity index (χ4n) is 4.36. The lowest BCUT2D eigenvalue weighted by Gasteiger charge is -2.18. The highest BCUT2D eigenvalue weighted by Gasteiger charge is 2.22. The Balaban J connectivity index is 1.87. The van der Waals surface area contributed by atoms with Crippen LogP contribution in [-0.4, -0.2) is 19.2 Å². The maximum Gasteiger partial charge on any atom is 0.330 e. The van der Waals surface area contributed by atoms with Gasteiger partial charge in [-0.25, -0.2) is 4.79 Å². The predicted molar refractivity (Wildman–Crippen MR) is 126 cm³/mol. The van der Waals surface area contributed by atoms with E-state index in [9.17, 15) is 4.79 Å². The summed E-state index contributed by atoms with van der Waals surface area (Å²) in [4.78, 5) is 11.8. The Bertz CT molecular complexity index is 629. The Labute approximate surface area is 184 Å². The van der Waals surface area contributed by atoms with Crippen molar-refractivity contribution in [3.63, 3.8) is 0 Å². The second-order valence-electron chi connectivity index (χ2n) is 8.51. The van der Waals surface area contributed by atoms with E-state index in [-0.39, 0.29) is 5.97 Å². The highest BCUT2D eigenvalue weighted by molar-refractivity contribution is 5.87. The van der Waals surface area contributed by atoms with Crippen LogP contribution in [0.1, 0.15) is 114 Å². The van der Waals surface area contributed by atoms with E-state index in [0.717, 1.165) is 24.3 Å². The molecule has 0 heterocycles. The van der Waals surface area contributed by atoms with Gasteiger partial charge in [-0.3, -0.25) is 0 Å². The number of para-hydroxylation sites is 1. The summed E-state index contributed by atoms with van der Waals surface area (Å²) >= 11 is 0. The molecule has 0 aromatic heterocycles. The first-order valence-corrected chi connectivity index (χ1v) is 12.4. The van der Waals surface area contributed by atoms with E-state index in [0.29, 0.717) is 12.5 Å². The van der Waals surface area contributed by atoms with Crippen LogP contribution < -0.4 is 4.74 Å². The summed E-state index contributed by atoms with van der Waals surface area (Å²) in [6.45, 7) is 5.24. The number of hydrogen-bond acceptors (Lipinski definition) is 3.